The summed E-state index contributed by atoms with van der Waals surface area (Å²) in [7, 11) is 0. The molecule has 3 aromatic rings. The highest BCUT2D eigenvalue weighted by molar-refractivity contribution is 6.15. The number of alkyl halides is 3. The van der Waals surface area contributed by atoms with Gasteiger partial charge in [0.05, 0.1) is 23.5 Å². The number of fused-ring (bicyclic) bond motifs is 3. The van der Waals surface area contributed by atoms with E-state index in [1.54, 1.807) is 28.8 Å². The fourth-order valence-electron chi connectivity index (χ4n) is 2.96. The van der Waals surface area contributed by atoms with Gasteiger partial charge in [0.15, 0.2) is 0 Å². The summed E-state index contributed by atoms with van der Waals surface area (Å²) >= 11 is 0. The van der Waals surface area contributed by atoms with Gasteiger partial charge >= 0.3 is 6.18 Å². The van der Waals surface area contributed by atoms with Gasteiger partial charge < -0.3 is 4.57 Å². The predicted octanol–water partition coefficient (Wildman–Crippen LogP) is 3.60. The molecule has 26 heavy (non-hydrogen) atoms. The van der Waals surface area contributed by atoms with Crippen LogP contribution in [0.3, 0.4) is 0 Å². The zero-order valence-corrected chi connectivity index (χ0v) is 13.4. The van der Waals surface area contributed by atoms with Gasteiger partial charge in [-0.15, -0.1) is 0 Å². The topological polar surface area (TPSA) is 47.2 Å². The number of benzene rings is 2. The zero-order valence-electron chi connectivity index (χ0n) is 13.4. The van der Waals surface area contributed by atoms with E-state index in [2.05, 4.69) is 9.98 Å². The second kappa shape index (κ2) is 5.94. The average Bonchev–Trinajstić information content (AvgIpc) is 2.77. The maximum absolute atomic E-state index is 13.2. The smallest absolute Gasteiger partial charge is 0.303 e. The van der Waals surface area contributed by atoms with Crippen molar-refractivity contribution in [2.75, 3.05) is 0 Å². The first kappa shape index (κ1) is 16.3. The minimum atomic E-state index is -4.46. The van der Waals surface area contributed by atoms with Crippen LogP contribution in [0.15, 0.2) is 70.6 Å². The molecule has 0 aliphatic carbocycles. The van der Waals surface area contributed by atoms with Crippen LogP contribution in [-0.4, -0.2) is 15.3 Å². The Morgan fingerprint density at radius 2 is 1.77 bits per heavy atom. The molecule has 2 aromatic carbocycles. The Hall–Kier alpha value is -3.22. The van der Waals surface area contributed by atoms with Crippen molar-refractivity contribution >= 4 is 5.71 Å². The van der Waals surface area contributed by atoms with E-state index >= 15 is 0 Å². The molecule has 0 saturated heterocycles. The number of aliphatic imine (C=N–C) groups is 1. The molecule has 0 amide bonds. The minimum Gasteiger partial charge on any atom is -0.303 e. The monoisotopic (exact) mass is 355 g/mol. The maximum atomic E-state index is 13.2. The summed E-state index contributed by atoms with van der Waals surface area (Å²) < 4.78 is 41.3. The fraction of sp³-hybridized carbons (Fsp3) is 0.105. The van der Waals surface area contributed by atoms with Crippen LogP contribution in [0, 0.1) is 0 Å². The van der Waals surface area contributed by atoms with Gasteiger partial charge in [-0.25, -0.2) is 0 Å². The van der Waals surface area contributed by atoms with Crippen LogP contribution < -0.4 is 5.56 Å². The Bertz CT molecular complexity index is 1070. The Morgan fingerprint density at radius 3 is 2.50 bits per heavy atom. The minimum absolute atomic E-state index is 0.0936. The molecule has 2 heterocycles. The van der Waals surface area contributed by atoms with Crippen molar-refractivity contribution in [3.8, 4) is 5.69 Å². The lowest BCUT2D eigenvalue weighted by atomic mass is 9.98. The SMILES string of the molecule is O=c1ccn2c(n1)CN=C(c1ccccc1)c1cc(C(F)(F)F)ccc1-2. The van der Waals surface area contributed by atoms with E-state index < -0.39 is 17.3 Å². The van der Waals surface area contributed by atoms with Crippen LogP contribution in [-0.2, 0) is 12.7 Å². The van der Waals surface area contributed by atoms with E-state index in [1.807, 2.05) is 6.07 Å². The second-order valence-electron chi connectivity index (χ2n) is 5.81. The third-order valence-electron chi connectivity index (χ3n) is 4.15. The maximum Gasteiger partial charge on any atom is 0.416 e. The van der Waals surface area contributed by atoms with Crippen molar-refractivity contribution in [2.45, 2.75) is 12.7 Å². The van der Waals surface area contributed by atoms with Gasteiger partial charge in [0.2, 0.25) is 0 Å². The second-order valence-corrected chi connectivity index (χ2v) is 5.81. The number of nitrogens with zero attached hydrogens (tertiary/aromatic N) is 3. The van der Waals surface area contributed by atoms with Crippen molar-refractivity contribution < 1.29 is 13.2 Å². The molecule has 0 unspecified atom stereocenters. The molecule has 0 N–H and O–H groups in total. The quantitative estimate of drug-likeness (QED) is 0.670. The summed E-state index contributed by atoms with van der Waals surface area (Å²) in [4.78, 5) is 20.0. The summed E-state index contributed by atoms with van der Waals surface area (Å²) in [5.74, 6) is 0.379. The number of aromatic nitrogens is 2. The van der Waals surface area contributed by atoms with Crippen LogP contribution in [0.1, 0.15) is 22.5 Å². The van der Waals surface area contributed by atoms with Crippen molar-refractivity contribution in [1.29, 1.82) is 0 Å². The third kappa shape index (κ3) is 2.81. The molecule has 7 heteroatoms. The van der Waals surface area contributed by atoms with Gasteiger partial charge in [-0.1, -0.05) is 30.3 Å². The molecule has 0 bridgehead atoms. The molecule has 1 aliphatic rings. The van der Waals surface area contributed by atoms with Gasteiger partial charge in [0.1, 0.15) is 5.82 Å². The van der Waals surface area contributed by atoms with E-state index in [1.165, 1.54) is 18.3 Å². The van der Waals surface area contributed by atoms with E-state index in [0.29, 0.717) is 28.4 Å². The summed E-state index contributed by atoms with van der Waals surface area (Å²) in [6.07, 6.45) is -2.95. The van der Waals surface area contributed by atoms with Crippen molar-refractivity contribution in [1.82, 2.24) is 9.55 Å². The molecule has 1 aromatic heterocycles. The van der Waals surface area contributed by atoms with Crippen molar-refractivity contribution in [3.63, 3.8) is 0 Å². The lowest BCUT2D eigenvalue weighted by Crippen LogP contribution is -2.16. The zero-order chi connectivity index (χ0) is 18.3. The highest BCUT2D eigenvalue weighted by atomic mass is 19.4. The Morgan fingerprint density at radius 1 is 1.00 bits per heavy atom. The summed E-state index contributed by atoms with van der Waals surface area (Å²) in [5, 5.41) is 0. The first-order valence-electron chi connectivity index (χ1n) is 7.84. The molecule has 130 valence electrons. The number of rotatable bonds is 1. The van der Waals surface area contributed by atoms with Crippen LogP contribution >= 0.6 is 0 Å². The predicted molar refractivity (Wildman–Crippen MR) is 90.6 cm³/mol. The lowest BCUT2D eigenvalue weighted by molar-refractivity contribution is -0.137. The fourth-order valence-corrected chi connectivity index (χ4v) is 2.96. The number of hydrogen-bond acceptors (Lipinski definition) is 3. The lowest BCUT2D eigenvalue weighted by Gasteiger charge is -2.16. The number of hydrogen-bond donors (Lipinski definition) is 0. The van der Waals surface area contributed by atoms with Gasteiger partial charge in [-0.05, 0) is 18.2 Å². The Labute approximate surface area is 146 Å². The van der Waals surface area contributed by atoms with Crippen molar-refractivity contribution in [2.24, 2.45) is 4.99 Å². The molecule has 0 saturated carbocycles. The summed E-state index contributed by atoms with van der Waals surface area (Å²) in [6, 6.07) is 13.8. The van der Waals surface area contributed by atoms with Crippen LogP contribution in [0.25, 0.3) is 5.69 Å². The average molecular weight is 355 g/mol. The Kier molecular flexibility index (Phi) is 3.72. The highest BCUT2D eigenvalue weighted by Gasteiger charge is 2.32. The highest BCUT2D eigenvalue weighted by Crippen LogP contribution is 2.33. The molecule has 0 fully saturated rings. The first-order valence-corrected chi connectivity index (χ1v) is 7.84. The third-order valence-corrected chi connectivity index (χ3v) is 4.15. The standard InChI is InChI=1S/C19H12F3N3O/c20-19(21,22)13-6-7-15-14(10-13)18(12-4-2-1-3-5-12)23-11-16-24-17(26)8-9-25(15)16/h1-10H,11H2. The van der Waals surface area contributed by atoms with E-state index in [9.17, 15) is 18.0 Å². The van der Waals surface area contributed by atoms with Crippen LogP contribution in [0.4, 0.5) is 13.2 Å². The molecular weight excluding hydrogens is 343 g/mol. The molecule has 4 nitrogen and oxygen atoms in total. The van der Waals surface area contributed by atoms with Gasteiger partial charge in [0.25, 0.3) is 5.56 Å². The molecule has 0 atom stereocenters. The largest absolute Gasteiger partial charge is 0.416 e. The number of halogens is 3. The molecular formula is C19H12F3N3O. The summed E-state index contributed by atoms with van der Waals surface area (Å²) in [6.45, 7) is 0.0936. The van der Waals surface area contributed by atoms with Crippen molar-refractivity contribution in [3.05, 3.63) is 93.7 Å². The molecule has 1 aliphatic heterocycles. The van der Waals surface area contributed by atoms with E-state index in [4.69, 9.17) is 0 Å². The Balaban J connectivity index is 2.02. The molecule has 0 spiro atoms. The molecule has 4 rings (SSSR count). The first-order chi connectivity index (χ1) is 12.4. The van der Waals surface area contributed by atoms with Gasteiger partial charge in [-0.3, -0.25) is 9.79 Å². The van der Waals surface area contributed by atoms with E-state index in [0.717, 1.165) is 12.1 Å². The van der Waals surface area contributed by atoms with Gasteiger partial charge in [0, 0.05) is 23.4 Å². The molecule has 0 radical (unpaired) electrons. The van der Waals surface area contributed by atoms with Gasteiger partial charge in [-0.2, -0.15) is 18.2 Å². The summed E-state index contributed by atoms with van der Waals surface area (Å²) in [5.41, 5.74) is 0.810. The van der Waals surface area contributed by atoms with Crippen LogP contribution in [0.2, 0.25) is 0 Å². The normalized spacial score (nSPS) is 13.4. The van der Waals surface area contributed by atoms with E-state index in [-0.39, 0.29) is 6.54 Å². The van der Waals surface area contributed by atoms with Crippen LogP contribution in [0.5, 0.6) is 0 Å².